The van der Waals surface area contributed by atoms with Crippen LogP contribution in [0.2, 0.25) is 0 Å². The number of likely N-dealkylation sites (N-methyl/N-ethyl adjacent to an activating group) is 1. The second-order valence-corrected chi connectivity index (χ2v) is 4.68. The van der Waals surface area contributed by atoms with Gasteiger partial charge in [-0.1, -0.05) is 0 Å². The maximum absolute atomic E-state index is 12.4. The Balaban J connectivity index is 3.34. The maximum atomic E-state index is 12.4. The molecule has 4 heteroatoms. The van der Waals surface area contributed by atoms with Crippen LogP contribution in [0.4, 0.5) is 0 Å². The molecule has 18 heavy (non-hydrogen) atoms. The largest absolute Gasteiger partial charge is 0.496 e. The number of nitrogens with one attached hydrogen (secondary N) is 1. The molecule has 1 aromatic rings. The van der Waals surface area contributed by atoms with Crippen molar-refractivity contribution in [2.75, 3.05) is 21.3 Å². The molecule has 0 amide bonds. The van der Waals surface area contributed by atoms with E-state index in [1.165, 1.54) is 0 Å². The van der Waals surface area contributed by atoms with Crippen LogP contribution in [0.25, 0.3) is 0 Å². The molecule has 0 aliphatic rings. The van der Waals surface area contributed by atoms with Crippen molar-refractivity contribution in [1.82, 2.24) is 5.32 Å². The number of methoxy groups -OCH3 is 2. The normalized spacial score (nSPS) is 11.2. The molecule has 0 atom stereocenters. The van der Waals surface area contributed by atoms with Crippen molar-refractivity contribution >= 4 is 5.78 Å². The summed E-state index contributed by atoms with van der Waals surface area (Å²) in [7, 11) is 4.92. The average Bonchev–Trinajstić information content (AvgIpc) is 2.37. The topological polar surface area (TPSA) is 47.6 Å². The van der Waals surface area contributed by atoms with Gasteiger partial charge in [-0.25, -0.2) is 0 Å². The molecule has 0 unspecified atom stereocenters. The van der Waals surface area contributed by atoms with Gasteiger partial charge in [0.15, 0.2) is 5.78 Å². The average molecular weight is 251 g/mol. The van der Waals surface area contributed by atoms with E-state index < -0.39 is 5.54 Å². The first-order valence-electron chi connectivity index (χ1n) is 5.84. The minimum absolute atomic E-state index is 0.00685. The summed E-state index contributed by atoms with van der Waals surface area (Å²) in [4.78, 5) is 12.4. The lowest BCUT2D eigenvalue weighted by atomic mass is 9.91. The first kappa shape index (κ1) is 14.5. The third-order valence-corrected chi connectivity index (χ3v) is 3.22. The highest BCUT2D eigenvalue weighted by Gasteiger charge is 2.29. The van der Waals surface area contributed by atoms with E-state index in [0.29, 0.717) is 17.1 Å². The number of ether oxygens (including phenoxy) is 2. The van der Waals surface area contributed by atoms with E-state index in [1.54, 1.807) is 33.4 Å². The molecule has 0 aliphatic carbocycles. The molecular formula is C14H21NO3. The number of rotatable bonds is 5. The van der Waals surface area contributed by atoms with Crippen LogP contribution in [0, 0.1) is 6.92 Å². The molecule has 1 rings (SSSR count). The number of Topliss-reactive ketones (excluding diaryl/α,β-unsaturated/α-hetero) is 1. The van der Waals surface area contributed by atoms with Gasteiger partial charge in [0.1, 0.15) is 11.5 Å². The fourth-order valence-corrected chi connectivity index (χ4v) is 1.79. The van der Waals surface area contributed by atoms with Gasteiger partial charge in [0.05, 0.1) is 25.3 Å². The van der Waals surface area contributed by atoms with Gasteiger partial charge in [0, 0.05) is 5.56 Å². The molecule has 1 aromatic carbocycles. The van der Waals surface area contributed by atoms with Gasteiger partial charge in [-0.3, -0.25) is 4.79 Å². The van der Waals surface area contributed by atoms with E-state index in [4.69, 9.17) is 9.47 Å². The van der Waals surface area contributed by atoms with Crippen molar-refractivity contribution in [2.24, 2.45) is 0 Å². The molecule has 100 valence electrons. The third-order valence-electron chi connectivity index (χ3n) is 3.22. The summed E-state index contributed by atoms with van der Waals surface area (Å²) >= 11 is 0. The lowest BCUT2D eigenvalue weighted by Crippen LogP contribution is -2.44. The summed E-state index contributed by atoms with van der Waals surface area (Å²) in [5, 5.41) is 3.00. The Bertz CT molecular complexity index is 453. The van der Waals surface area contributed by atoms with Crippen molar-refractivity contribution in [1.29, 1.82) is 0 Å². The van der Waals surface area contributed by atoms with Crippen molar-refractivity contribution in [2.45, 2.75) is 26.3 Å². The minimum Gasteiger partial charge on any atom is -0.496 e. The molecule has 0 aliphatic heterocycles. The summed E-state index contributed by atoms with van der Waals surface area (Å²) in [5.74, 6) is 1.28. The van der Waals surface area contributed by atoms with E-state index in [9.17, 15) is 4.79 Å². The zero-order valence-electron chi connectivity index (χ0n) is 11.9. The van der Waals surface area contributed by atoms with Gasteiger partial charge in [-0.05, 0) is 40.0 Å². The number of carbonyl (C=O) groups excluding carboxylic acids is 1. The number of carbonyl (C=O) groups is 1. The van der Waals surface area contributed by atoms with E-state index in [2.05, 4.69) is 5.32 Å². The van der Waals surface area contributed by atoms with Crippen LogP contribution in [-0.4, -0.2) is 32.6 Å². The van der Waals surface area contributed by atoms with Crippen LogP contribution in [0.5, 0.6) is 11.5 Å². The molecule has 0 bridgehead atoms. The highest BCUT2D eigenvalue weighted by molar-refractivity contribution is 6.05. The van der Waals surface area contributed by atoms with E-state index in [0.717, 1.165) is 5.56 Å². The summed E-state index contributed by atoms with van der Waals surface area (Å²) < 4.78 is 10.6. The number of ketones is 1. The predicted octanol–water partition coefficient (Wildman–Crippen LogP) is 2.19. The second kappa shape index (κ2) is 5.40. The molecule has 0 radical (unpaired) electrons. The Kier molecular flexibility index (Phi) is 4.35. The monoisotopic (exact) mass is 251 g/mol. The molecule has 0 fully saturated rings. The van der Waals surface area contributed by atoms with Crippen LogP contribution >= 0.6 is 0 Å². The van der Waals surface area contributed by atoms with Crippen molar-refractivity contribution in [3.05, 3.63) is 23.3 Å². The smallest absolute Gasteiger partial charge is 0.186 e. The lowest BCUT2D eigenvalue weighted by molar-refractivity contribution is 0.0886. The Labute approximate surface area is 108 Å². The first-order chi connectivity index (χ1) is 8.38. The summed E-state index contributed by atoms with van der Waals surface area (Å²) in [6.45, 7) is 5.56. The predicted molar refractivity (Wildman–Crippen MR) is 71.8 cm³/mol. The molecule has 0 saturated carbocycles. The molecular weight excluding hydrogens is 230 g/mol. The lowest BCUT2D eigenvalue weighted by Gasteiger charge is -2.24. The van der Waals surface area contributed by atoms with E-state index >= 15 is 0 Å². The van der Waals surface area contributed by atoms with Crippen molar-refractivity contribution in [3.8, 4) is 11.5 Å². The number of hydrogen-bond donors (Lipinski definition) is 1. The zero-order valence-corrected chi connectivity index (χ0v) is 11.9. The SMILES string of the molecule is CNC(C)(C)C(=O)c1ccc(OC)c(C)c1OC. The van der Waals surface area contributed by atoms with E-state index in [-0.39, 0.29) is 5.78 Å². The molecule has 1 N–H and O–H groups in total. The van der Waals surface area contributed by atoms with Gasteiger partial charge >= 0.3 is 0 Å². The second-order valence-electron chi connectivity index (χ2n) is 4.68. The molecule has 4 nitrogen and oxygen atoms in total. The number of benzene rings is 1. The highest BCUT2D eigenvalue weighted by Crippen LogP contribution is 2.33. The molecule has 0 saturated heterocycles. The highest BCUT2D eigenvalue weighted by atomic mass is 16.5. The van der Waals surface area contributed by atoms with Crippen LogP contribution < -0.4 is 14.8 Å². The van der Waals surface area contributed by atoms with E-state index in [1.807, 2.05) is 20.8 Å². The van der Waals surface area contributed by atoms with Gasteiger partial charge in [-0.2, -0.15) is 0 Å². The summed E-state index contributed by atoms with van der Waals surface area (Å²) in [6.07, 6.45) is 0. The minimum atomic E-state index is -0.631. The molecule has 0 spiro atoms. The molecule has 0 heterocycles. The summed E-state index contributed by atoms with van der Waals surface area (Å²) in [5.41, 5.74) is 0.766. The van der Waals surface area contributed by atoms with Gasteiger partial charge in [-0.15, -0.1) is 0 Å². The Morgan fingerprint density at radius 1 is 1.22 bits per heavy atom. The van der Waals surface area contributed by atoms with Gasteiger partial charge in [0.2, 0.25) is 0 Å². The quantitative estimate of drug-likeness (QED) is 0.815. The Morgan fingerprint density at radius 3 is 2.28 bits per heavy atom. The first-order valence-corrected chi connectivity index (χ1v) is 5.84. The van der Waals surface area contributed by atoms with Crippen LogP contribution in [0.1, 0.15) is 29.8 Å². The Morgan fingerprint density at radius 2 is 1.83 bits per heavy atom. The van der Waals surface area contributed by atoms with Crippen LogP contribution in [0.15, 0.2) is 12.1 Å². The van der Waals surface area contributed by atoms with Crippen molar-refractivity contribution in [3.63, 3.8) is 0 Å². The summed E-state index contributed by atoms with van der Waals surface area (Å²) in [6, 6.07) is 3.53. The maximum Gasteiger partial charge on any atom is 0.186 e. The number of hydrogen-bond acceptors (Lipinski definition) is 4. The fourth-order valence-electron chi connectivity index (χ4n) is 1.79. The van der Waals surface area contributed by atoms with Crippen LogP contribution in [-0.2, 0) is 0 Å². The standard InChI is InChI=1S/C14H21NO3/c1-9-11(17-5)8-7-10(12(9)18-6)13(16)14(2,3)15-4/h7-8,15H,1-6H3. The van der Waals surface area contributed by atoms with Gasteiger partial charge in [0.25, 0.3) is 0 Å². The fraction of sp³-hybridized carbons (Fsp3) is 0.500. The van der Waals surface area contributed by atoms with Gasteiger partial charge < -0.3 is 14.8 Å². The van der Waals surface area contributed by atoms with Crippen LogP contribution in [0.3, 0.4) is 0 Å². The zero-order chi connectivity index (χ0) is 13.9. The Hall–Kier alpha value is -1.55. The third kappa shape index (κ3) is 2.48. The molecule has 0 aromatic heterocycles. The van der Waals surface area contributed by atoms with Crippen molar-refractivity contribution < 1.29 is 14.3 Å².